The molecule has 0 radical (unpaired) electrons. The molecule has 0 N–H and O–H groups in total. The van der Waals surface area contributed by atoms with E-state index in [4.69, 9.17) is 9.47 Å². The topological polar surface area (TPSA) is 35.5 Å². The summed E-state index contributed by atoms with van der Waals surface area (Å²) in [6.07, 6.45) is 1.09. The van der Waals surface area contributed by atoms with E-state index in [-0.39, 0.29) is 11.9 Å². The highest BCUT2D eigenvalue weighted by atomic mass is 16.5. The Balaban J connectivity index is 2.04. The van der Waals surface area contributed by atoms with Crippen LogP contribution in [0.3, 0.4) is 0 Å². The minimum atomic E-state index is 0.0406. The second-order valence-electron chi connectivity index (χ2n) is 3.34. The third kappa shape index (κ3) is 1.71. The highest BCUT2D eigenvalue weighted by Crippen LogP contribution is 2.30. The van der Waals surface area contributed by atoms with Gasteiger partial charge in [0.25, 0.3) is 0 Å². The maximum atomic E-state index is 10.7. The zero-order valence-corrected chi connectivity index (χ0v) is 8.03. The molecule has 0 aliphatic heterocycles. The van der Waals surface area contributed by atoms with Crippen LogP contribution in [-0.2, 0) is 4.79 Å². The number of methoxy groups -OCH3 is 1. The normalized spacial score (nSPS) is 16.2. The van der Waals surface area contributed by atoms with E-state index in [1.165, 1.54) is 0 Å². The summed E-state index contributed by atoms with van der Waals surface area (Å²) in [6.45, 7) is 0. The van der Waals surface area contributed by atoms with Gasteiger partial charge in [-0.2, -0.15) is 0 Å². The summed E-state index contributed by atoms with van der Waals surface area (Å²) < 4.78 is 10.7. The van der Waals surface area contributed by atoms with Crippen molar-refractivity contribution >= 4 is 5.78 Å². The predicted molar refractivity (Wildman–Crippen MR) is 51.7 cm³/mol. The van der Waals surface area contributed by atoms with Crippen LogP contribution in [0.5, 0.6) is 11.5 Å². The van der Waals surface area contributed by atoms with Crippen LogP contribution in [0.1, 0.15) is 12.8 Å². The van der Waals surface area contributed by atoms with E-state index in [0.29, 0.717) is 24.3 Å². The Morgan fingerprint density at radius 2 is 1.86 bits per heavy atom. The van der Waals surface area contributed by atoms with Crippen molar-refractivity contribution in [3.63, 3.8) is 0 Å². The van der Waals surface area contributed by atoms with E-state index in [9.17, 15) is 4.79 Å². The molecule has 3 heteroatoms. The maximum absolute atomic E-state index is 10.7. The molecule has 0 bridgehead atoms. The fourth-order valence-corrected chi connectivity index (χ4v) is 1.43. The molecule has 74 valence electrons. The Labute approximate surface area is 82.6 Å². The lowest BCUT2D eigenvalue weighted by molar-refractivity contribution is -0.129. The van der Waals surface area contributed by atoms with Crippen molar-refractivity contribution in [1.29, 1.82) is 0 Å². The molecule has 1 saturated carbocycles. The number of Topliss-reactive ketones (excluding diaryl/α,β-unsaturated/α-hetero) is 1. The summed E-state index contributed by atoms with van der Waals surface area (Å²) in [5, 5.41) is 0. The molecular formula is C11H12O3. The van der Waals surface area contributed by atoms with Gasteiger partial charge in [0.05, 0.1) is 7.11 Å². The Morgan fingerprint density at radius 1 is 1.21 bits per heavy atom. The molecule has 1 fully saturated rings. The largest absolute Gasteiger partial charge is 0.493 e. The van der Waals surface area contributed by atoms with Gasteiger partial charge in [0.1, 0.15) is 11.9 Å². The SMILES string of the molecule is COc1ccccc1OC1CC(=O)C1. The van der Waals surface area contributed by atoms with Crippen LogP contribution in [0.15, 0.2) is 24.3 Å². The molecule has 0 atom stereocenters. The van der Waals surface area contributed by atoms with Crippen LogP contribution in [0.2, 0.25) is 0 Å². The van der Waals surface area contributed by atoms with Crippen LogP contribution >= 0.6 is 0 Å². The van der Waals surface area contributed by atoms with E-state index < -0.39 is 0 Å². The highest BCUT2D eigenvalue weighted by Gasteiger charge is 2.28. The van der Waals surface area contributed by atoms with Crippen LogP contribution in [0.4, 0.5) is 0 Å². The van der Waals surface area contributed by atoms with Crippen molar-refractivity contribution in [1.82, 2.24) is 0 Å². The van der Waals surface area contributed by atoms with E-state index in [1.807, 2.05) is 24.3 Å². The summed E-state index contributed by atoms with van der Waals surface area (Å²) in [5.74, 6) is 1.70. The molecule has 0 saturated heterocycles. The lowest BCUT2D eigenvalue weighted by atomic mass is 9.94. The number of carbonyl (C=O) groups excluding carboxylic acids is 1. The average molecular weight is 192 g/mol. The number of benzene rings is 1. The number of ketones is 1. The lowest BCUT2D eigenvalue weighted by Gasteiger charge is -2.25. The number of hydrogen-bond acceptors (Lipinski definition) is 3. The zero-order chi connectivity index (χ0) is 9.97. The third-order valence-corrected chi connectivity index (χ3v) is 2.27. The van der Waals surface area contributed by atoms with Gasteiger partial charge in [0, 0.05) is 12.8 Å². The highest BCUT2D eigenvalue weighted by molar-refractivity contribution is 5.85. The smallest absolute Gasteiger partial charge is 0.161 e. The van der Waals surface area contributed by atoms with Crippen molar-refractivity contribution in [2.45, 2.75) is 18.9 Å². The van der Waals surface area contributed by atoms with Gasteiger partial charge in [-0.15, -0.1) is 0 Å². The lowest BCUT2D eigenvalue weighted by Crippen LogP contribution is -2.33. The minimum Gasteiger partial charge on any atom is -0.493 e. The fourth-order valence-electron chi connectivity index (χ4n) is 1.43. The van der Waals surface area contributed by atoms with Gasteiger partial charge in [-0.1, -0.05) is 12.1 Å². The van der Waals surface area contributed by atoms with Gasteiger partial charge in [0.15, 0.2) is 11.5 Å². The summed E-state index contributed by atoms with van der Waals surface area (Å²) in [6, 6.07) is 7.47. The first-order chi connectivity index (χ1) is 6.79. The summed E-state index contributed by atoms with van der Waals surface area (Å²) in [4.78, 5) is 10.7. The molecule has 0 heterocycles. The standard InChI is InChI=1S/C11H12O3/c1-13-10-4-2-3-5-11(10)14-9-6-8(12)7-9/h2-5,9H,6-7H2,1H3. The van der Waals surface area contributed by atoms with Crippen LogP contribution < -0.4 is 9.47 Å². The molecule has 0 amide bonds. The molecule has 1 aliphatic carbocycles. The first-order valence-electron chi connectivity index (χ1n) is 4.61. The van der Waals surface area contributed by atoms with Gasteiger partial charge < -0.3 is 9.47 Å². The summed E-state index contributed by atoms with van der Waals surface area (Å²) in [7, 11) is 1.61. The number of carbonyl (C=O) groups is 1. The number of rotatable bonds is 3. The Bertz CT molecular complexity index is 338. The summed E-state index contributed by atoms with van der Waals surface area (Å²) >= 11 is 0. The Hall–Kier alpha value is -1.51. The predicted octanol–water partition coefficient (Wildman–Crippen LogP) is 1.81. The van der Waals surface area contributed by atoms with Crippen molar-refractivity contribution in [2.75, 3.05) is 7.11 Å². The molecule has 1 aliphatic rings. The second kappa shape index (κ2) is 3.70. The van der Waals surface area contributed by atoms with Crippen molar-refractivity contribution < 1.29 is 14.3 Å². The van der Waals surface area contributed by atoms with E-state index >= 15 is 0 Å². The molecule has 1 aromatic rings. The minimum absolute atomic E-state index is 0.0406. The third-order valence-electron chi connectivity index (χ3n) is 2.27. The molecule has 14 heavy (non-hydrogen) atoms. The van der Waals surface area contributed by atoms with Gasteiger partial charge in [0.2, 0.25) is 0 Å². The molecular weight excluding hydrogens is 180 g/mol. The Morgan fingerprint density at radius 3 is 2.43 bits per heavy atom. The molecule has 1 aromatic carbocycles. The van der Waals surface area contributed by atoms with E-state index in [1.54, 1.807) is 7.11 Å². The molecule has 3 nitrogen and oxygen atoms in total. The quantitative estimate of drug-likeness (QED) is 0.732. The van der Waals surface area contributed by atoms with Crippen LogP contribution in [0, 0.1) is 0 Å². The zero-order valence-electron chi connectivity index (χ0n) is 8.03. The first kappa shape index (κ1) is 9.06. The second-order valence-corrected chi connectivity index (χ2v) is 3.34. The number of hydrogen-bond donors (Lipinski definition) is 0. The van der Waals surface area contributed by atoms with Crippen LogP contribution in [0.25, 0.3) is 0 Å². The van der Waals surface area contributed by atoms with Gasteiger partial charge >= 0.3 is 0 Å². The van der Waals surface area contributed by atoms with E-state index in [0.717, 1.165) is 0 Å². The van der Waals surface area contributed by atoms with Gasteiger partial charge in [-0.3, -0.25) is 4.79 Å². The fraction of sp³-hybridized carbons (Fsp3) is 0.364. The van der Waals surface area contributed by atoms with Crippen LogP contribution in [-0.4, -0.2) is 19.0 Å². The van der Waals surface area contributed by atoms with Gasteiger partial charge in [-0.25, -0.2) is 0 Å². The monoisotopic (exact) mass is 192 g/mol. The average Bonchev–Trinajstić information content (AvgIpc) is 2.16. The molecule has 0 spiro atoms. The van der Waals surface area contributed by atoms with Gasteiger partial charge in [-0.05, 0) is 12.1 Å². The van der Waals surface area contributed by atoms with Crippen molar-refractivity contribution in [2.24, 2.45) is 0 Å². The summed E-state index contributed by atoms with van der Waals surface area (Å²) in [5.41, 5.74) is 0. The van der Waals surface area contributed by atoms with Crippen molar-refractivity contribution in [3.05, 3.63) is 24.3 Å². The molecule has 2 rings (SSSR count). The number of ether oxygens (including phenoxy) is 2. The maximum Gasteiger partial charge on any atom is 0.161 e. The van der Waals surface area contributed by atoms with E-state index in [2.05, 4.69) is 0 Å². The first-order valence-corrected chi connectivity index (χ1v) is 4.61. The Kier molecular flexibility index (Phi) is 2.39. The van der Waals surface area contributed by atoms with Crippen molar-refractivity contribution in [3.8, 4) is 11.5 Å². The molecule has 0 unspecified atom stereocenters. The number of para-hydroxylation sites is 2. The molecule has 0 aromatic heterocycles.